The molecule has 3 rings (SSSR count). The molecular weight excluding hydrogens is 379 g/mol. The van der Waals surface area contributed by atoms with Crippen LogP contribution in [0.25, 0.3) is 0 Å². The van der Waals surface area contributed by atoms with Crippen molar-refractivity contribution in [3.63, 3.8) is 0 Å². The first-order chi connectivity index (χ1) is 13.5. The maximum absolute atomic E-state index is 13.2. The van der Waals surface area contributed by atoms with Gasteiger partial charge in [-0.15, -0.1) is 11.8 Å². The number of nitrogens with one attached hydrogen (secondary N) is 1. The van der Waals surface area contributed by atoms with Crippen molar-refractivity contribution >= 4 is 17.7 Å². The van der Waals surface area contributed by atoms with E-state index in [0.717, 1.165) is 23.4 Å². The van der Waals surface area contributed by atoms with E-state index in [9.17, 15) is 14.3 Å². The monoisotopic (exact) mass is 404 g/mol. The lowest BCUT2D eigenvalue weighted by Gasteiger charge is -2.23. The summed E-state index contributed by atoms with van der Waals surface area (Å²) >= 11 is 1.67. The summed E-state index contributed by atoms with van der Waals surface area (Å²) in [5, 5.41) is 12.7. The maximum Gasteiger partial charge on any atom is 0.237 e. The second-order valence-corrected chi connectivity index (χ2v) is 8.20. The van der Waals surface area contributed by atoms with Crippen LogP contribution in [0.1, 0.15) is 12.0 Å². The number of phenolic OH excluding ortho intramolecular Hbond substituents is 1. The quantitative estimate of drug-likeness (QED) is 0.663. The summed E-state index contributed by atoms with van der Waals surface area (Å²) in [5.41, 5.74) is 1.04. The number of halogens is 1. The minimum absolute atomic E-state index is 0.00182. The van der Waals surface area contributed by atoms with E-state index < -0.39 is 0 Å². The lowest BCUT2D eigenvalue weighted by Crippen LogP contribution is -2.43. The fourth-order valence-electron chi connectivity index (χ4n) is 3.33. The standard InChI is InChI=1S/C21H25FN2O3S/c1-27-11-10-23-21(26)20-12-19(28-18-8-4-16(22)5-9-18)14-24(20)13-15-2-6-17(25)7-3-15/h2-9,19-20,25H,10-14H2,1H3,(H,23,26)/t19-,20+/m1/s1. The molecule has 28 heavy (non-hydrogen) atoms. The molecule has 2 N–H and O–H groups in total. The normalized spacial score (nSPS) is 19.6. The summed E-state index contributed by atoms with van der Waals surface area (Å²) in [4.78, 5) is 15.9. The van der Waals surface area contributed by atoms with Crippen LogP contribution in [0.3, 0.4) is 0 Å². The number of likely N-dealkylation sites (tertiary alicyclic amines) is 1. The van der Waals surface area contributed by atoms with Gasteiger partial charge in [-0.05, 0) is 48.4 Å². The van der Waals surface area contributed by atoms with Gasteiger partial charge in [-0.2, -0.15) is 0 Å². The van der Waals surface area contributed by atoms with Crippen LogP contribution >= 0.6 is 11.8 Å². The number of phenols is 1. The number of ether oxygens (including phenoxy) is 1. The minimum Gasteiger partial charge on any atom is -0.508 e. The Morgan fingerprint density at radius 1 is 1.25 bits per heavy atom. The van der Waals surface area contributed by atoms with Crippen molar-refractivity contribution in [1.29, 1.82) is 0 Å². The number of rotatable bonds is 8. The third-order valence-electron chi connectivity index (χ3n) is 4.71. The molecule has 1 heterocycles. The van der Waals surface area contributed by atoms with Gasteiger partial charge in [0.05, 0.1) is 12.6 Å². The van der Waals surface area contributed by atoms with Crippen molar-refractivity contribution < 1.29 is 19.0 Å². The van der Waals surface area contributed by atoms with E-state index in [-0.39, 0.29) is 28.8 Å². The Hall–Kier alpha value is -2.09. The molecule has 1 saturated heterocycles. The van der Waals surface area contributed by atoms with Gasteiger partial charge in [0.2, 0.25) is 5.91 Å². The molecule has 1 aliphatic heterocycles. The molecule has 1 fully saturated rings. The summed E-state index contributed by atoms with van der Waals surface area (Å²) in [6.07, 6.45) is 0.721. The smallest absolute Gasteiger partial charge is 0.237 e. The van der Waals surface area contributed by atoms with E-state index in [1.165, 1.54) is 12.1 Å². The molecule has 0 bridgehead atoms. The van der Waals surface area contributed by atoms with Crippen LogP contribution in [0.15, 0.2) is 53.4 Å². The van der Waals surface area contributed by atoms with Gasteiger partial charge in [-0.1, -0.05) is 12.1 Å². The number of carbonyl (C=O) groups is 1. The average Bonchev–Trinajstić information content (AvgIpc) is 3.08. The van der Waals surface area contributed by atoms with Crippen molar-refractivity contribution in [2.24, 2.45) is 0 Å². The van der Waals surface area contributed by atoms with Crippen molar-refractivity contribution in [2.75, 3.05) is 26.8 Å². The summed E-state index contributed by atoms with van der Waals surface area (Å²) in [6, 6.07) is 13.3. The van der Waals surface area contributed by atoms with E-state index in [1.54, 1.807) is 43.1 Å². The van der Waals surface area contributed by atoms with Crippen LogP contribution in [-0.4, -0.2) is 54.0 Å². The van der Waals surface area contributed by atoms with Crippen LogP contribution in [-0.2, 0) is 16.1 Å². The molecule has 5 nitrogen and oxygen atoms in total. The van der Waals surface area contributed by atoms with Gasteiger partial charge in [0.25, 0.3) is 0 Å². The Balaban J connectivity index is 1.68. The number of nitrogens with zero attached hydrogens (tertiary/aromatic N) is 1. The third kappa shape index (κ3) is 5.70. The molecule has 1 aliphatic rings. The molecular formula is C21H25FN2O3S. The average molecular weight is 405 g/mol. The van der Waals surface area contributed by atoms with Crippen molar-refractivity contribution in [3.8, 4) is 5.75 Å². The van der Waals surface area contributed by atoms with Crippen LogP contribution in [0.4, 0.5) is 4.39 Å². The topological polar surface area (TPSA) is 61.8 Å². The SMILES string of the molecule is COCCNC(=O)[C@@H]1C[C@@H](Sc2ccc(F)cc2)CN1Cc1ccc(O)cc1. The number of carbonyl (C=O) groups excluding carboxylic acids is 1. The van der Waals surface area contributed by atoms with E-state index in [0.29, 0.717) is 19.7 Å². The Morgan fingerprint density at radius 3 is 2.64 bits per heavy atom. The molecule has 1 amide bonds. The molecule has 2 aromatic rings. The second-order valence-electron chi connectivity index (χ2n) is 6.82. The zero-order chi connectivity index (χ0) is 19.9. The van der Waals surface area contributed by atoms with Gasteiger partial charge in [0.15, 0.2) is 0 Å². The lowest BCUT2D eigenvalue weighted by atomic mass is 10.1. The van der Waals surface area contributed by atoms with E-state index >= 15 is 0 Å². The highest BCUT2D eigenvalue weighted by atomic mass is 32.2. The van der Waals surface area contributed by atoms with Crippen LogP contribution in [0, 0.1) is 5.82 Å². The Labute approximate surface area is 168 Å². The van der Waals surface area contributed by atoms with Crippen molar-refractivity contribution in [1.82, 2.24) is 10.2 Å². The molecule has 2 atom stereocenters. The number of benzene rings is 2. The first kappa shape index (κ1) is 20.6. The maximum atomic E-state index is 13.2. The van der Waals surface area contributed by atoms with Crippen molar-refractivity contribution in [3.05, 3.63) is 59.9 Å². The van der Waals surface area contributed by atoms with Gasteiger partial charge in [-0.25, -0.2) is 4.39 Å². The fraction of sp³-hybridized carbons (Fsp3) is 0.381. The van der Waals surface area contributed by atoms with Crippen LogP contribution in [0.5, 0.6) is 5.75 Å². The number of hydrogen-bond acceptors (Lipinski definition) is 5. The predicted octanol–water partition coefficient (Wildman–Crippen LogP) is 3.03. The lowest BCUT2D eigenvalue weighted by molar-refractivity contribution is -0.125. The number of hydrogen-bond donors (Lipinski definition) is 2. The van der Waals surface area contributed by atoms with Crippen LogP contribution in [0.2, 0.25) is 0 Å². The number of methoxy groups -OCH3 is 1. The van der Waals surface area contributed by atoms with Gasteiger partial charge in [0.1, 0.15) is 11.6 Å². The molecule has 0 aromatic heterocycles. The van der Waals surface area contributed by atoms with Crippen LogP contribution < -0.4 is 5.32 Å². The summed E-state index contributed by atoms with van der Waals surface area (Å²) in [6.45, 7) is 2.34. The summed E-state index contributed by atoms with van der Waals surface area (Å²) in [5.74, 6) is -0.0260. The zero-order valence-corrected chi connectivity index (χ0v) is 16.6. The predicted molar refractivity (Wildman–Crippen MR) is 108 cm³/mol. The van der Waals surface area contributed by atoms with Crippen molar-refractivity contribution in [2.45, 2.75) is 29.2 Å². The highest BCUT2D eigenvalue weighted by molar-refractivity contribution is 8.00. The van der Waals surface area contributed by atoms with Gasteiger partial charge in [-0.3, -0.25) is 9.69 Å². The van der Waals surface area contributed by atoms with E-state index in [1.807, 2.05) is 12.1 Å². The first-order valence-corrected chi connectivity index (χ1v) is 10.1. The largest absolute Gasteiger partial charge is 0.508 e. The highest BCUT2D eigenvalue weighted by Crippen LogP contribution is 2.34. The Bertz CT molecular complexity index is 770. The number of thioether (sulfide) groups is 1. The highest BCUT2D eigenvalue weighted by Gasteiger charge is 2.37. The molecule has 0 unspecified atom stereocenters. The number of aromatic hydroxyl groups is 1. The third-order valence-corrected chi connectivity index (χ3v) is 5.93. The number of amides is 1. The molecule has 2 aromatic carbocycles. The Morgan fingerprint density at radius 2 is 1.96 bits per heavy atom. The Kier molecular flexibility index (Phi) is 7.30. The summed E-state index contributed by atoms with van der Waals surface area (Å²) in [7, 11) is 1.61. The molecule has 7 heteroatoms. The fourth-order valence-corrected chi connectivity index (χ4v) is 4.55. The molecule has 150 valence electrons. The van der Waals surface area contributed by atoms with E-state index in [2.05, 4.69) is 10.2 Å². The molecule has 0 saturated carbocycles. The van der Waals surface area contributed by atoms with Gasteiger partial charge >= 0.3 is 0 Å². The second kappa shape index (κ2) is 9.91. The molecule has 0 radical (unpaired) electrons. The van der Waals surface area contributed by atoms with E-state index in [4.69, 9.17) is 4.74 Å². The minimum atomic E-state index is -0.250. The molecule has 0 spiro atoms. The summed E-state index contributed by atoms with van der Waals surface area (Å²) < 4.78 is 18.2. The first-order valence-electron chi connectivity index (χ1n) is 9.26. The van der Waals surface area contributed by atoms with Gasteiger partial charge < -0.3 is 15.2 Å². The zero-order valence-electron chi connectivity index (χ0n) is 15.8. The van der Waals surface area contributed by atoms with Gasteiger partial charge in [0, 0.05) is 36.9 Å². The molecule has 0 aliphatic carbocycles.